The van der Waals surface area contributed by atoms with Crippen molar-refractivity contribution in [3.63, 3.8) is 0 Å². The van der Waals surface area contributed by atoms with E-state index in [1.807, 2.05) is 11.3 Å². The Labute approximate surface area is 259 Å². The second-order valence-electron chi connectivity index (χ2n) is 11.3. The highest BCUT2D eigenvalue weighted by atomic mass is 32.1. The van der Waals surface area contributed by atoms with Crippen LogP contribution in [0.25, 0.3) is 63.6 Å². The molecule has 0 atom stereocenters. The zero-order valence-electron chi connectivity index (χ0n) is 23.9. The molecule has 2 heteroatoms. The summed E-state index contributed by atoms with van der Waals surface area (Å²) in [5.74, 6) is 0. The van der Waals surface area contributed by atoms with Gasteiger partial charge in [0.1, 0.15) is 0 Å². The lowest BCUT2D eigenvalue weighted by atomic mass is 9.98. The highest BCUT2D eigenvalue weighted by Gasteiger charge is 2.22. The van der Waals surface area contributed by atoms with Crippen LogP contribution >= 0.6 is 11.3 Å². The van der Waals surface area contributed by atoms with Crippen molar-refractivity contribution in [2.24, 2.45) is 0 Å². The van der Waals surface area contributed by atoms with Gasteiger partial charge in [0.25, 0.3) is 0 Å². The third kappa shape index (κ3) is 3.92. The van der Waals surface area contributed by atoms with E-state index in [9.17, 15) is 0 Å². The molecule has 0 radical (unpaired) electrons. The summed E-state index contributed by atoms with van der Waals surface area (Å²) in [6.45, 7) is 0. The molecule has 1 nitrogen and oxygen atoms in total. The van der Waals surface area contributed by atoms with Gasteiger partial charge in [0.2, 0.25) is 0 Å². The summed E-state index contributed by atoms with van der Waals surface area (Å²) in [4.78, 5) is 2.49. The minimum Gasteiger partial charge on any atom is -0.309 e. The number of benzene rings is 8. The summed E-state index contributed by atoms with van der Waals surface area (Å²) in [5.41, 5.74) is 5.92. The van der Waals surface area contributed by atoms with Crippen LogP contribution in [0.4, 0.5) is 17.1 Å². The summed E-state index contributed by atoms with van der Waals surface area (Å²) in [6.07, 6.45) is 0. The van der Waals surface area contributed by atoms with Crippen molar-refractivity contribution in [1.29, 1.82) is 0 Å². The van der Waals surface area contributed by atoms with Gasteiger partial charge in [-0.2, -0.15) is 0 Å². The normalized spacial score (nSPS) is 11.6. The van der Waals surface area contributed by atoms with Crippen LogP contribution < -0.4 is 4.90 Å². The molecule has 44 heavy (non-hydrogen) atoms. The standard InChI is InChI=1S/C42H27NS/c1-2-12-28(13-3-1)30-16-10-17-32(26-30)43(39-27-31-15-5-6-18-33(31)35-20-8-9-21-36(35)39)38-22-11-23-40-41(38)37-25-24-29-14-4-7-19-34(29)42(37)44-40/h1-27H. The molecule has 0 saturated carbocycles. The Kier molecular flexibility index (Phi) is 5.75. The first-order chi connectivity index (χ1) is 21.8. The number of nitrogens with zero attached hydrogens (tertiary/aromatic N) is 1. The van der Waals surface area contributed by atoms with Crippen molar-refractivity contribution in [2.45, 2.75) is 0 Å². The molecule has 206 valence electrons. The number of fused-ring (bicyclic) bond motifs is 8. The van der Waals surface area contributed by atoms with Crippen LogP contribution in [-0.4, -0.2) is 0 Å². The second kappa shape index (κ2) is 10.1. The van der Waals surface area contributed by atoms with Gasteiger partial charge in [-0.1, -0.05) is 133 Å². The fourth-order valence-corrected chi connectivity index (χ4v) is 8.06. The van der Waals surface area contributed by atoms with Crippen molar-refractivity contribution in [3.05, 3.63) is 164 Å². The molecule has 9 aromatic rings. The Bertz CT molecular complexity index is 2510. The summed E-state index contributed by atoms with van der Waals surface area (Å²) >= 11 is 1.89. The largest absolute Gasteiger partial charge is 0.309 e. The third-order valence-corrected chi connectivity index (χ3v) is 10.0. The predicted molar refractivity (Wildman–Crippen MR) is 192 cm³/mol. The van der Waals surface area contributed by atoms with Gasteiger partial charge in [-0.25, -0.2) is 0 Å². The molecule has 1 heterocycles. The lowest BCUT2D eigenvalue weighted by molar-refractivity contribution is 1.32. The zero-order valence-corrected chi connectivity index (χ0v) is 24.8. The van der Waals surface area contributed by atoms with Crippen molar-refractivity contribution in [3.8, 4) is 11.1 Å². The average Bonchev–Trinajstić information content (AvgIpc) is 3.49. The van der Waals surface area contributed by atoms with E-state index in [2.05, 4.69) is 169 Å². The van der Waals surface area contributed by atoms with E-state index in [0.29, 0.717) is 0 Å². The topological polar surface area (TPSA) is 3.24 Å². The second-order valence-corrected chi connectivity index (χ2v) is 12.4. The zero-order chi connectivity index (χ0) is 29.0. The molecule has 1 aromatic heterocycles. The minimum absolute atomic E-state index is 1.14. The van der Waals surface area contributed by atoms with Crippen molar-refractivity contribution in [2.75, 3.05) is 4.90 Å². The Morgan fingerprint density at radius 3 is 1.93 bits per heavy atom. The van der Waals surface area contributed by atoms with Crippen LogP contribution in [0.1, 0.15) is 0 Å². The van der Waals surface area contributed by atoms with E-state index in [1.165, 1.54) is 75.0 Å². The SMILES string of the molecule is c1ccc(-c2cccc(N(c3cc4ccccc4c4ccccc34)c3cccc4sc5c6ccccc6ccc5c34)c2)cc1. The quantitative estimate of drug-likeness (QED) is 0.188. The fourth-order valence-electron chi connectivity index (χ4n) is 6.80. The van der Waals surface area contributed by atoms with Crippen molar-refractivity contribution < 1.29 is 0 Å². The van der Waals surface area contributed by atoms with E-state index in [1.54, 1.807) is 0 Å². The number of anilines is 3. The molecular weight excluding hydrogens is 551 g/mol. The van der Waals surface area contributed by atoms with Gasteiger partial charge in [-0.3, -0.25) is 0 Å². The molecule has 8 aromatic carbocycles. The maximum absolute atomic E-state index is 2.49. The van der Waals surface area contributed by atoms with E-state index < -0.39 is 0 Å². The minimum atomic E-state index is 1.14. The van der Waals surface area contributed by atoms with Gasteiger partial charge in [0, 0.05) is 31.2 Å². The molecule has 0 spiro atoms. The van der Waals surface area contributed by atoms with Crippen LogP contribution in [-0.2, 0) is 0 Å². The maximum atomic E-state index is 2.49. The van der Waals surface area contributed by atoms with Crippen LogP contribution in [0, 0.1) is 0 Å². The van der Waals surface area contributed by atoms with Gasteiger partial charge < -0.3 is 4.90 Å². The van der Waals surface area contributed by atoms with Gasteiger partial charge in [0.05, 0.1) is 11.4 Å². The Balaban J connectivity index is 1.40. The van der Waals surface area contributed by atoms with Crippen LogP contribution in [0.15, 0.2) is 164 Å². The van der Waals surface area contributed by atoms with Crippen LogP contribution in [0.3, 0.4) is 0 Å². The average molecular weight is 578 g/mol. The van der Waals surface area contributed by atoms with Gasteiger partial charge in [-0.15, -0.1) is 11.3 Å². The van der Waals surface area contributed by atoms with E-state index in [0.717, 1.165) is 5.69 Å². The monoisotopic (exact) mass is 577 g/mol. The maximum Gasteiger partial charge on any atom is 0.0555 e. The first kappa shape index (κ1) is 25.1. The number of hydrogen-bond donors (Lipinski definition) is 0. The predicted octanol–water partition coefficient (Wildman–Crippen LogP) is 12.7. The Hall–Kier alpha value is -5.44. The third-order valence-electron chi connectivity index (χ3n) is 8.80. The summed E-state index contributed by atoms with van der Waals surface area (Å²) in [5, 5.41) is 10.2. The first-order valence-electron chi connectivity index (χ1n) is 15.0. The molecule has 0 aliphatic carbocycles. The summed E-state index contributed by atoms with van der Waals surface area (Å²) in [7, 11) is 0. The highest BCUT2D eigenvalue weighted by Crippen LogP contribution is 2.49. The van der Waals surface area contributed by atoms with Gasteiger partial charge >= 0.3 is 0 Å². The van der Waals surface area contributed by atoms with E-state index in [4.69, 9.17) is 0 Å². The Morgan fingerprint density at radius 1 is 0.386 bits per heavy atom. The lowest BCUT2D eigenvalue weighted by Gasteiger charge is -2.29. The molecule has 9 rings (SSSR count). The summed E-state index contributed by atoms with van der Waals surface area (Å²) in [6, 6.07) is 59.7. The number of rotatable bonds is 4. The number of hydrogen-bond acceptors (Lipinski definition) is 2. The molecule has 0 aliphatic heterocycles. The fraction of sp³-hybridized carbons (Fsp3) is 0. The van der Waals surface area contributed by atoms with Crippen LogP contribution in [0.2, 0.25) is 0 Å². The smallest absolute Gasteiger partial charge is 0.0555 e. The van der Waals surface area contributed by atoms with Gasteiger partial charge in [0.15, 0.2) is 0 Å². The van der Waals surface area contributed by atoms with Crippen molar-refractivity contribution in [1.82, 2.24) is 0 Å². The Morgan fingerprint density at radius 2 is 1.07 bits per heavy atom. The molecule has 0 aliphatic rings. The molecule has 0 fully saturated rings. The molecule has 0 N–H and O–H groups in total. The summed E-state index contributed by atoms with van der Waals surface area (Å²) < 4.78 is 2.63. The molecular formula is C42H27NS. The highest BCUT2D eigenvalue weighted by molar-refractivity contribution is 7.26. The molecule has 0 saturated heterocycles. The molecule has 0 amide bonds. The van der Waals surface area contributed by atoms with E-state index >= 15 is 0 Å². The van der Waals surface area contributed by atoms with Gasteiger partial charge in [-0.05, 0) is 68.4 Å². The molecule has 0 unspecified atom stereocenters. The van der Waals surface area contributed by atoms with Crippen LogP contribution in [0.5, 0.6) is 0 Å². The lowest BCUT2D eigenvalue weighted by Crippen LogP contribution is -2.11. The van der Waals surface area contributed by atoms with Crippen molar-refractivity contribution >= 4 is 80.9 Å². The number of thiophene rings is 1. The van der Waals surface area contributed by atoms with E-state index in [-0.39, 0.29) is 0 Å². The first-order valence-corrected chi connectivity index (χ1v) is 15.8. The molecule has 0 bridgehead atoms.